The van der Waals surface area contributed by atoms with Crippen LogP contribution in [-0.2, 0) is 0 Å². The molecule has 1 saturated heterocycles. The van der Waals surface area contributed by atoms with Crippen molar-refractivity contribution in [3.63, 3.8) is 0 Å². The minimum atomic E-state index is -0.436. The summed E-state index contributed by atoms with van der Waals surface area (Å²) in [6, 6.07) is 1.69. The van der Waals surface area contributed by atoms with Crippen LogP contribution >= 0.6 is 27.3 Å². The number of nitrogens with zero attached hydrogens (tertiary/aromatic N) is 2. The first kappa shape index (κ1) is 12.3. The maximum atomic E-state index is 12.0. The normalized spacial score (nSPS) is 23.9. The van der Waals surface area contributed by atoms with Gasteiger partial charge in [-0.2, -0.15) is 4.98 Å². The van der Waals surface area contributed by atoms with Crippen molar-refractivity contribution >= 4 is 43.6 Å². The van der Waals surface area contributed by atoms with Crippen LogP contribution in [-0.4, -0.2) is 34.1 Å². The van der Waals surface area contributed by atoms with Crippen LogP contribution in [0.2, 0.25) is 0 Å². The summed E-state index contributed by atoms with van der Waals surface area (Å²) in [4.78, 5) is 32.2. The maximum absolute atomic E-state index is 12.0. The predicted molar refractivity (Wildman–Crippen MR) is 77.1 cm³/mol. The van der Waals surface area contributed by atoms with Crippen LogP contribution in [0.4, 0.5) is 4.79 Å². The van der Waals surface area contributed by atoms with Crippen molar-refractivity contribution < 1.29 is 9.53 Å². The third-order valence-electron chi connectivity index (χ3n) is 3.75. The van der Waals surface area contributed by atoms with Crippen molar-refractivity contribution in [1.82, 2.24) is 14.9 Å². The first-order chi connectivity index (χ1) is 9.60. The third-order valence-corrected chi connectivity index (χ3v) is 5.38. The lowest BCUT2D eigenvalue weighted by Gasteiger charge is -2.16. The molecule has 1 amide bonds. The van der Waals surface area contributed by atoms with Gasteiger partial charge in [-0.3, -0.25) is 9.78 Å². The standard InChI is InChI=1S/C12H10BrN3O3S/c13-8-2-7-9(20-8)10(17)15-11(14-7)19-12(18)16-3-5-1-6(5)4-16/h2,5-6H,1,3-4H2,(H,14,15,17). The number of fused-ring (bicyclic) bond motifs is 2. The molecule has 1 saturated carbocycles. The molecule has 2 aliphatic rings. The number of hydrogen-bond donors (Lipinski definition) is 1. The van der Waals surface area contributed by atoms with Gasteiger partial charge in [0.2, 0.25) is 0 Å². The molecule has 2 unspecified atom stereocenters. The van der Waals surface area contributed by atoms with E-state index < -0.39 is 6.09 Å². The van der Waals surface area contributed by atoms with Crippen molar-refractivity contribution in [2.24, 2.45) is 11.8 Å². The Morgan fingerprint density at radius 1 is 1.50 bits per heavy atom. The maximum Gasteiger partial charge on any atom is 0.417 e. The molecular formula is C12H10BrN3O3S. The van der Waals surface area contributed by atoms with Crippen molar-refractivity contribution in [3.8, 4) is 6.01 Å². The fourth-order valence-electron chi connectivity index (χ4n) is 2.63. The fourth-order valence-corrected chi connectivity index (χ4v) is 4.05. The lowest BCUT2D eigenvalue weighted by atomic mass is 10.4. The zero-order chi connectivity index (χ0) is 13.9. The number of likely N-dealkylation sites (tertiary alicyclic amines) is 1. The second-order valence-corrected chi connectivity index (χ2v) is 7.60. The monoisotopic (exact) mass is 355 g/mol. The number of aromatic nitrogens is 2. The summed E-state index contributed by atoms with van der Waals surface area (Å²) in [5, 5.41) is 0. The van der Waals surface area contributed by atoms with E-state index in [0.29, 0.717) is 22.1 Å². The molecule has 20 heavy (non-hydrogen) atoms. The number of thiophene rings is 1. The van der Waals surface area contributed by atoms with Gasteiger partial charge in [-0.1, -0.05) is 0 Å². The number of ether oxygens (including phenoxy) is 1. The van der Waals surface area contributed by atoms with Crippen LogP contribution in [0, 0.1) is 11.8 Å². The molecule has 6 nitrogen and oxygen atoms in total. The Hall–Kier alpha value is -1.41. The van der Waals surface area contributed by atoms with Crippen LogP contribution < -0.4 is 10.3 Å². The Morgan fingerprint density at radius 3 is 3.00 bits per heavy atom. The highest BCUT2D eigenvalue weighted by Gasteiger charge is 2.47. The number of carbonyl (C=O) groups excluding carboxylic acids is 1. The zero-order valence-corrected chi connectivity index (χ0v) is 12.7. The van der Waals surface area contributed by atoms with Gasteiger partial charge in [0.1, 0.15) is 4.70 Å². The van der Waals surface area contributed by atoms with Crippen LogP contribution in [0.15, 0.2) is 14.6 Å². The van der Waals surface area contributed by atoms with E-state index in [1.165, 1.54) is 17.8 Å². The molecule has 0 bridgehead atoms. The lowest BCUT2D eigenvalue weighted by molar-refractivity contribution is 0.154. The average Bonchev–Trinajstić information content (AvgIpc) is 2.82. The quantitative estimate of drug-likeness (QED) is 0.850. The SMILES string of the molecule is O=C(Oc1nc2cc(Br)sc2c(=O)[nH]1)N1CC2CC2C1. The van der Waals surface area contributed by atoms with E-state index in [9.17, 15) is 9.59 Å². The lowest BCUT2D eigenvalue weighted by Crippen LogP contribution is -2.33. The van der Waals surface area contributed by atoms with E-state index in [1.54, 1.807) is 11.0 Å². The minimum Gasteiger partial charge on any atom is -0.375 e. The highest BCUT2D eigenvalue weighted by molar-refractivity contribution is 9.11. The molecule has 2 fully saturated rings. The Morgan fingerprint density at radius 2 is 2.25 bits per heavy atom. The first-order valence-electron chi connectivity index (χ1n) is 6.26. The van der Waals surface area contributed by atoms with Gasteiger partial charge in [0, 0.05) is 13.1 Å². The molecule has 0 radical (unpaired) electrons. The van der Waals surface area contributed by atoms with E-state index in [0.717, 1.165) is 16.9 Å². The van der Waals surface area contributed by atoms with Crippen LogP contribution in [0.5, 0.6) is 6.01 Å². The molecule has 3 heterocycles. The summed E-state index contributed by atoms with van der Waals surface area (Å²) < 4.78 is 6.50. The van der Waals surface area contributed by atoms with Crippen LogP contribution in [0.25, 0.3) is 10.2 Å². The van der Waals surface area contributed by atoms with Gasteiger partial charge < -0.3 is 9.64 Å². The second-order valence-electron chi connectivity index (χ2n) is 5.16. The molecule has 0 aromatic carbocycles. The number of hydrogen-bond acceptors (Lipinski definition) is 5. The smallest absolute Gasteiger partial charge is 0.375 e. The highest BCUT2D eigenvalue weighted by atomic mass is 79.9. The molecule has 1 N–H and O–H groups in total. The van der Waals surface area contributed by atoms with Gasteiger partial charge in [0.15, 0.2) is 0 Å². The van der Waals surface area contributed by atoms with Gasteiger partial charge in [-0.15, -0.1) is 11.3 Å². The third kappa shape index (κ3) is 2.03. The fraction of sp³-hybridized carbons (Fsp3) is 0.417. The van der Waals surface area contributed by atoms with Gasteiger partial charge in [-0.05, 0) is 40.3 Å². The molecule has 1 aliphatic heterocycles. The number of aromatic amines is 1. The van der Waals surface area contributed by atoms with Gasteiger partial charge in [-0.25, -0.2) is 4.79 Å². The molecule has 2 atom stereocenters. The molecule has 1 aliphatic carbocycles. The number of rotatable bonds is 1. The number of carbonyl (C=O) groups is 1. The summed E-state index contributed by atoms with van der Waals surface area (Å²) in [5.41, 5.74) is 0.232. The summed E-state index contributed by atoms with van der Waals surface area (Å²) in [5.74, 6) is 1.29. The van der Waals surface area contributed by atoms with E-state index in [-0.39, 0.29) is 11.6 Å². The first-order valence-corrected chi connectivity index (χ1v) is 7.87. The van der Waals surface area contributed by atoms with Crippen LogP contribution in [0.3, 0.4) is 0 Å². The molecule has 104 valence electrons. The van der Waals surface area contributed by atoms with E-state index >= 15 is 0 Å². The Kier molecular flexibility index (Phi) is 2.65. The Bertz CT molecular complexity index is 761. The summed E-state index contributed by atoms with van der Waals surface area (Å²) in [6.45, 7) is 1.50. The minimum absolute atomic E-state index is 0.0432. The van der Waals surface area contributed by atoms with E-state index in [2.05, 4.69) is 25.9 Å². The summed E-state index contributed by atoms with van der Waals surface area (Å²) in [6.07, 6.45) is 0.780. The van der Waals surface area contributed by atoms with Crippen molar-refractivity contribution in [2.75, 3.05) is 13.1 Å². The molecule has 4 rings (SSSR count). The molecule has 2 aromatic rings. The summed E-state index contributed by atoms with van der Waals surface area (Å²) in [7, 11) is 0. The molecule has 8 heteroatoms. The predicted octanol–water partition coefficient (Wildman–Crippen LogP) is 2.20. The molecular weight excluding hydrogens is 346 g/mol. The molecule has 2 aromatic heterocycles. The van der Waals surface area contributed by atoms with E-state index in [4.69, 9.17) is 4.74 Å². The zero-order valence-electron chi connectivity index (χ0n) is 10.3. The van der Waals surface area contributed by atoms with Crippen LogP contribution in [0.1, 0.15) is 6.42 Å². The van der Waals surface area contributed by atoms with Crippen molar-refractivity contribution in [1.29, 1.82) is 0 Å². The topological polar surface area (TPSA) is 75.3 Å². The number of H-pyrrole nitrogens is 1. The van der Waals surface area contributed by atoms with Gasteiger partial charge in [0.05, 0.1) is 9.30 Å². The van der Waals surface area contributed by atoms with Crippen molar-refractivity contribution in [2.45, 2.75) is 6.42 Å². The largest absolute Gasteiger partial charge is 0.417 e. The molecule has 0 spiro atoms. The highest BCUT2D eigenvalue weighted by Crippen LogP contribution is 2.44. The number of halogens is 1. The Balaban J connectivity index is 1.58. The number of piperidine rings is 1. The average molecular weight is 356 g/mol. The second kappa shape index (κ2) is 4.29. The van der Waals surface area contributed by atoms with Crippen molar-refractivity contribution in [3.05, 3.63) is 20.2 Å². The summed E-state index contributed by atoms with van der Waals surface area (Å²) >= 11 is 4.61. The number of nitrogens with one attached hydrogen (secondary N) is 1. The van der Waals surface area contributed by atoms with Gasteiger partial charge in [0.25, 0.3) is 5.56 Å². The van der Waals surface area contributed by atoms with E-state index in [1.807, 2.05) is 0 Å². The van der Waals surface area contributed by atoms with Gasteiger partial charge >= 0.3 is 12.1 Å². The Labute approximate surface area is 125 Å². The number of amides is 1.